The zero-order chi connectivity index (χ0) is 11.5. The summed E-state index contributed by atoms with van der Waals surface area (Å²) in [4.78, 5) is 20.2. The fourth-order valence-electron chi connectivity index (χ4n) is 1.45. The van der Waals surface area contributed by atoms with E-state index < -0.39 is 0 Å². The number of hydrogen-bond donors (Lipinski definition) is 1. The first-order chi connectivity index (χ1) is 7.66. The van der Waals surface area contributed by atoms with Crippen LogP contribution < -0.4 is 5.73 Å². The van der Waals surface area contributed by atoms with Gasteiger partial charge in [0, 0.05) is 12.4 Å². The summed E-state index contributed by atoms with van der Waals surface area (Å²) >= 11 is 1.50. The van der Waals surface area contributed by atoms with Crippen LogP contribution in [0.4, 0.5) is 0 Å². The lowest BCUT2D eigenvalue weighted by molar-refractivity contribution is -0.117. The Labute approximate surface area is 97.2 Å². The summed E-state index contributed by atoms with van der Waals surface area (Å²) in [5, 5.41) is 0.761. The molecule has 2 N–H and O–H groups in total. The van der Waals surface area contributed by atoms with E-state index >= 15 is 0 Å². The minimum Gasteiger partial charge on any atom is -0.369 e. The van der Waals surface area contributed by atoms with Gasteiger partial charge >= 0.3 is 0 Å². The fourth-order valence-corrected chi connectivity index (χ4v) is 2.53. The number of nitrogens with two attached hydrogens (primary N) is 1. The van der Waals surface area contributed by atoms with E-state index in [4.69, 9.17) is 5.73 Å². The van der Waals surface area contributed by atoms with Crippen LogP contribution in [0.15, 0.2) is 24.5 Å². The third-order valence-corrected chi connectivity index (χ3v) is 3.32. The van der Waals surface area contributed by atoms with Crippen molar-refractivity contribution >= 4 is 17.2 Å². The van der Waals surface area contributed by atoms with Crippen LogP contribution in [0.2, 0.25) is 0 Å². The molecule has 0 aliphatic carbocycles. The smallest absolute Gasteiger partial charge is 0.224 e. The number of nitrogens with zero attached hydrogens (tertiary/aromatic N) is 2. The van der Waals surface area contributed by atoms with Gasteiger partial charge in [-0.1, -0.05) is 0 Å². The summed E-state index contributed by atoms with van der Waals surface area (Å²) in [6.45, 7) is 1.93. The molecule has 0 fully saturated rings. The van der Waals surface area contributed by atoms with Crippen LogP contribution >= 0.6 is 11.3 Å². The molecule has 2 aromatic rings. The Balaban J connectivity index is 2.36. The van der Waals surface area contributed by atoms with Crippen LogP contribution in [0.25, 0.3) is 10.4 Å². The Morgan fingerprint density at radius 3 is 2.75 bits per heavy atom. The second kappa shape index (κ2) is 4.40. The molecule has 2 aromatic heterocycles. The molecule has 0 atom stereocenters. The van der Waals surface area contributed by atoms with Crippen molar-refractivity contribution in [1.29, 1.82) is 0 Å². The van der Waals surface area contributed by atoms with Crippen molar-refractivity contribution in [3.63, 3.8) is 0 Å². The lowest BCUT2D eigenvalue weighted by Crippen LogP contribution is -2.13. The molecule has 0 unspecified atom stereocenters. The van der Waals surface area contributed by atoms with Gasteiger partial charge in [0.05, 0.1) is 17.0 Å². The summed E-state index contributed by atoms with van der Waals surface area (Å²) < 4.78 is 0. The third-order valence-electron chi connectivity index (χ3n) is 2.11. The van der Waals surface area contributed by atoms with Gasteiger partial charge in [-0.05, 0) is 24.6 Å². The normalized spacial score (nSPS) is 10.3. The maximum atomic E-state index is 10.8. The monoisotopic (exact) mass is 233 g/mol. The van der Waals surface area contributed by atoms with Crippen LogP contribution in [0.3, 0.4) is 0 Å². The molecule has 0 saturated carbocycles. The van der Waals surface area contributed by atoms with Crippen LogP contribution in [0.5, 0.6) is 0 Å². The van der Waals surface area contributed by atoms with E-state index in [0.29, 0.717) is 0 Å². The molecule has 0 spiro atoms. The molecular formula is C11H11N3OS. The molecule has 0 radical (unpaired) electrons. The minimum absolute atomic E-state index is 0.205. The van der Waals surface area contributed by atoms with Crippen LogP contribution in [0.1, 0.15) is 10.7 Å². The van der Waals surface area contributed by atoms with E-state index in [-0.39, 0.29) is 12.3 Å². The molecule has 82 valence electrons. The summed E-state index contributed by atoms with van der Waals surface area (Å²) in [6.07, 6.45) is 3.68. The zero-order valence-corrected chi connectivity index (χ0v) is 9.62. The number of pyridine rings is 1. The van der Waals surface area contributed by atoms with Crippen LogP contribution in [-0.4, -0.2) is 15.9 Å². The van der Waals surface area contributed by atoms with E-state index in [0.717, 1.165) is 21.1 Å². The van der Waals surface area contributed by atoms with Gasteiger partial charge < -0.3 is 5.73 Å². The largest absolute Gasteiger partial charge is 0.369 e. The predicted molar refractivity (Wildman–Crippen MR) is 63.0 cm³/mol. The summed E-state index contributed by atoms with van der Waals surface area (Å²) in [5.41, 5.74) is 7.13. The quantitative estimate of drug-likeness (QED) is 0.874. The van der Waals surface area contributed by atoms with Gasteiger partial charge in [-0.3, -0.25) is 9.78 Å². The van der Waals surface area contributed by atoms with Crippen molar-refractivity contribution in [2.75, 3.05) is 0 Å². The lowest BCUT2D eigenvalue weighted by atomic mass is 10.2. The number of amides is 1. The highest BCUT2D eigenvalue weighted by atomic mass is 32.1. The second-order valence-corrected chi connectivity index (χ2v) is 4.48. The Kier molecular flexibility index (Phi) is 2.96. The van der Waals surface area contributed by atoms with Gasteiger partial charge in [-0.15, -0.1) is 11.3 Å². The molecule has 16 heavy (non-hydrogen) atoms. The topological polar surface area (TPSA) is 68.9 Å². The number of thiazole rings is 1. The second-order valence-electron chi connectivity index (χ2n) is 3.40. The van der Waals surface area contributed by atoms with E-state index in [1.165, 1.54) is 11.3 Å². The van der Waals surface area contributed by atoms with E-state index in [9.17, 15) is 4.79 Å². The highest BCUT2D eigenvalue weighted by Crippen LogP contribution is 2.29. The molecular weight excluding hydrogens is 222 g/mol. The van der Waals surface area contributed by atoms with Crippen LogP contribution in [0, 0.1) is 6.92 Å². The molecule has 2 rings (SSSR count). The van der Waals surface area contributed by atoms with Crippen molar-refractivity contribution in [2.45, 2.75) is 13.3 Å². The average Bonchev–Trinajstić information content (AvgIpc) is 2.60. The number of rotatable bonds is 3. The first kappa shape index (κ1) is 10.8. The molecule has 0 bridgehead atoms. The molecule has 2 heterocycles. The molecule has 0 saturated heterocycles. The maximum absolute atomic E-state index is 10.8. The molecule has 0 aromatic carbocycles. The molecule has 0 aliphatic rings. The number of carbonyl (C=O) groups excluding carboxylic acids is 1. The SMILES string of the molecule is Cc1nc(CC(N)=O)sc1-c1ccncc1. The average molecular weight is 233 g/mol. The fraction of sp³-hybridized carbons (Fsp3) is 0.182. The van der Waals surface area contributed by atoms with Gasteiger partial charge in [-0.25, -0.2) is 4.98 Å². The van der Waals surface area contributed by atoms with Gasteiger partial charge in [0.15, 0.2) is 0 Å². The maximum Gasteiger partial charge on any atom is 0.224 e. The number of carbonyl (C=O) groups is 1. The van der Waals surface area contributed by atoms with Crippen molar-refractivity contribution in [3.8, 4) is 10.4 Å². The van der Waals surface area contributed by atoms with Crippen molar-refractivity contribution in [1.82, 2.24) is 9.97 Å². The molecule has 4 nitrogen and oxygen atoms in total. The molecule has 1 amide bonds. The van der Waals surface area contributed by atoms with Gasteiger partial charge in [-0.2, -0.15) is 0 Å². The van der Waals surface area contributed by atoms with Gasteiger partial charge in [0.25, 0.3) is 0 Å². The van der Waals surface area contributed by atoms with E-state index in [1.54, 1.807) is 12.4 Å². The number of aryl methyl sites for hydroxylation is 1. The van der Waals surface area contributed by atoms with Crippen LogP contribution in [-0.2, 0) is 11.2 Å². The highest BCUT2D eigenvalue weighted by Gasteiger charge is 2.10. The van der Waals surface area contributed by atoms with Crippen molar-refractivity contribution in [2.24, 2.45) is 5.73 Å². The van der Waals surface area contributed by atoms with E-state index in [2.05, 4.69) is 9.97 Å². The summed E-state index contributed by atoms with van der Waals surface area (Å²) in [6, 6.07) is 3.85. The first-order valence-electron chi connectivity index (χ1n) is 4.82. The third kappa shape index (κ3) is 2.25. The molecule has 0 aliphatic heterocycles. The Morgan fingerprint density at radius 1 is 1.44 bits per heavy atom. The van der Waals surface area contributed by atoms with Crippen molar-refractivity contribution in [3.05, 3.63) is 35.2 Å². The Morgan fingerprint density at radius 2 is 2.12 bits per heavy atom. The minimum atomic E-state index is -0.352. The zero-order valence-electron chi connectivity index (χ0n) is 8.80. The van der Waals surface area contributed by atoms with Gasteiger partial charge in [0.2, 0.25) is 5.91 Å². The Bertz CT molecular complexity index is 507. The number of aromatic nitrogens is 2. The highest BCUT2D eigenvalue weighted by molar-refractivity contribution is 7.15. The first-order valence-corrected chi connectivity index (χ1v) is 5.63. The number of primary amides is 1. The number of hydrogen-bond acceptors (Lipinski definition) is 4. The van der Waals surface area contributed by atoms with E-state index in [1.807, 2.05) is 19.1 Å². The standard InChI is InChI=1S/C11H11N3OS/c1-7-11(8-2-4-13-5-3-8)16-10(14-7)6-9(12)15/h2-5H,6H2,1H3,(H2,12,15). The molecule has 5 heteroatoms. The summed E-state index contributed by atoms with van der Waals surface area (Å²) in [7, 11) is 0. The Hall–Kier alpha value is -1.75. The lowest BCUT2D eigenvalue weighted by Gasteiger charge is -1.95. The van der Waals surface area contributed by atoms with Crippen molar-refractivity contribution < 1.29 is 4.79 Å². The summed E-state index contributed by atoms with van der Waals surface area (Å²) in [5.74, 6) is -0.352. The van der Waals surface area contributed by atoms with Gasteiger partial charge in [0.1, 0.15) is 5.01 Å². The predicted octanol–water partition coefficient (Wildman–Crippen LogP) is 1.54.